The summed E-state index contributed by atoms with van der Waals surface area (Å²) in [6, 6.07) is 10.6. The van der Waals surface area contributed by atoms with Crippen molar-refractivity contribution in [3.8, 4) is 11.5 Å². The Hall–Kier alpha value is -3.48. The van der Waals surface area contributed by atoms with E-state index in [0.717, 1.165) is 0 Å². The second-order valence-electron chi connectivity index (χ2n) is 10.7. The summed E-state index contributed by atoms with van der Waals surface area (Å²) in [5.41, 5.74) is 5.16. The van der Waals surface area contributed by atoms with Crippen LogP contribution in [0.1, 0.15) is 80.7 Å². The van der Waals surface area contributed by atoms with Gasteiger partial charge in [-0.3, -0.25) is 15.0 Å². The van der Waals surface area contributed by atoms with Crippen molar-refractivity contribution in [2.45, 2.75) is 65.6 Å². The van der Waals surface area contributed by atoms with Gasteiger partial charge in [0.1, 0.15) is 17.0 Å². The molecule has 0 aliphatic carbocycles. The van der Waals surface area contributed by atoms with Crippen molar-refractivity contribution in [3.63, 3.8) is 0 Å². The van der Waals surface area contributed by atoms with Crippen LogP contribution in [0.25, 0.3) is 0 Å². The lowest BCUT2D eigenvalue weighted by molar-refractivity contribution is -0.158. The number of nitrogens with one attached hydrogen (secondary N) is 1. The van der Waals surface area contributed by atoms with Gasteiger partial charge in [-0.05, 0) is 59.7 Å². The molecule has 3 N–H and O–H groups in total. The molecule has 0 fully saturated rings. The number of Topliss-reactive ketones (excluding diaryl/α,β-unsaturated/α-hetero) is 2. The molecule has 0 saturated heterocycles. The fraction of sp³-hybridized carbons (Fsp3) is 0.414. The average molecular weight is 669 g/mol. The number of ketones is 2. The lowest BCUT2D eigenvalue weighted by Crippen LogP contribution is -2.28. The van der Waals surface area contributed by atoms with Crippen molar-refractivity contribution in [1.29, 1.82) is 5.41 Å². The number of hydrogen-bond donors (Lipinski definition) is 2. The van der Waals surface area contributed by atoms with Crippen molar-refractivity contribution < 1.29 is 38.1 Å². The second kappa shape index (κ2) is 14.8. The summed E-state index contributed by atoms with van der Waals surface area (Å²) in [5.74, 6) is -1.72. The van der Waals surface area contributed by atoms with Gasteiger partial charge in [-0.25, -0.2) is 9.59 Å². The van der Waals surface area contributed by atoms with Crippen molar-refractivity contribution in [1.82, 2.24) is 0 Å². The van der Waals surface area contributed by atoms with Crippen LogP contribution in [0.5, 0.6) is 11.5 Å². The van der Waals surface area contributed by atoms with Crippen LogP contribution in [-0.2, 0) is 19.1 Å². The fourth-order valence-corrected chi connectivity index (χ4v) is 3.28. The molecule has 0 heterocycles. The first-order valence-electron chi connectivity index (χ1n) is 12.4. The molecule has 2 aromatic carbocycles. The van der Waals surface area contributed by atoms with E-state index in [-0.39, 0.29) is 71.3 Å². The Labute approximate surface area is 251 Å². The van der Waals surface area contributed by atoms with Crippen LogP contribution in [0.2, 0.25) is 0 Å². The third kappa shape index (κ3) is 12.1. The average Bonchev–Trinajstić information content (AvgIpc) is 2.82. The zero-order chi connectivity index (χ0) is 29.4. The molecule has 0 atom stereocenters. The van der Waals surface area contributed by atoms with Crippen LogP contribution in [-0.4, -0.2) is 53.8 Å². The number of carbonyl (C=O) groups excluding carboxylic acids is 4. The summed E-state index contributed by atoms with van der Waals surface area (Å²) in [6.45, 7) is 9.48. The van der Waals surface area contributed by atoms with Crippen LogP contribution in [0.4, 0.5) is 0 Å². The number of esters is 2. The van der Waals surface area contributed by atoms with Gasteiger partial charge in [0.25, 0.3) is 0 Å². The first-order chi connectivity index (χ1) is 18.0. The van der Waals surface area contributed by atoms with Gasteiger partial charge in [-0.1, -0.05) is 24.3 Å². The van der Waals surface area contributed by atoms with E-state index in [2.05, 4.69) is 0 Å². The van der Waals surface area contributed by atoms with E-state index in [0.29, 0.717) is 11.1 Å². The smallest absolute Gasteiger partial charge is 0.344 e. The zero-order valence-corrected chi connectivity index (χ0v) is 26.0. The van der Waals surface area contributed by atoms with Gasteiger partial charge in [0.2, 0.25) is 0 Å². The van der Waals surface area contributed by atoms with Gasteiger partial charge in [0.05, 0.1) is 0 Å². The van der Waals surface area contributed by atoms with Crippen molar-refractivity contribution in [2.24, 2.45) is 5.73 Å². The molecule has 0 amide bonds. The summed E-state index contributed by atoms with van der Waals surface area (Å²) >= 11 is 0. The molecule has 0 saturated carbocycles. The Morgan fingerprint density at radius 3 is 1.52 bits per heavy atom. The number of ether oxygens (including phenoxy) is 4. The fourth-order valence-electron chi connectivity index (χ4n) is 3.28. The second-order valence-corrected chi connectivity index (χ2v) is 10.7. The predicted molar refractivity (Wildman–Crippen MR) is 160 cm³/mol. The number of halogens is 1. The van der Waals surface area contributed by atoms with Crippen molar-refractivity contribution >= 4 is 53.3 Å². The highest BCUT2D eigenvalue weighted by Crippen LogP contribution is 2.30. The minimum atomic E-state index is -0.715. The molecule has 0 radical (unpaired) electrons. The van der Waals surface area contributed by atoms with E-state index >= 15 is 0 Å². The van der Waals surface area contributed by atoms with Crippen LogP contribution in [0.3, 0.4) is 0 Å². The summed E-state index contributed by atoms with van der Waals surface area (Å²) in [5, 5.41) is 7.43. The van der Waals surface area contributed by atoms with E-state index in [4.69, 9.17) is 30.1 Å². The lowest BCUT2D eigenvalue weighted by atomic mass is 10.0. The largest absolute Gasteiger partial charge is 0.478 e. The van der Waals surface area contributed by atoms with Gasteiger partial charge >= 0.3 is 11.9 Å². The Morgan fingerprint density at radius 2 is 1.07 bits per heavy atom. The van der Waals surface area contributed by atoms with Crippen LogP contribution >= 0.6 is 24.0 Å². The van der Waals surface area contributed by atoms with Crippen LogP contribution in [0, 0.1) is 5.41 Å². The van der Waals surface area contributed by atoms with E-state index < -0.39 is 36.4 Å². The molecular weight excluding hydrogens is 631 g/mol. The third-order valence-corrected chi connectivity index (χ3v) is 4.89. The molecule has 0 aliphatic heterocycles. The molecule has 0 unspecified atom stereocenters. The maximum atomic E-state index is 12.9. The molecule has 10 nitrogen and oxygen atoms in total. The lowest BCUT2D eigenvalue weighted by Gasteiger charge is -2.21. The molecule has 2 rings (SSSR count). The Morgan fingerprint density at radius 1 is 0.675 bits per heavy atom. The molecule has 11 heteroatoms. The number of nitrogen functional groups attached to an aromatic ring is 1. The minimum Gasteiger partial charge on any atom is -0.478 e. The quantitative estimate of drug-likeness (QED) is 0.106. The van der Waals surface area contributed by atoms with Gasteiger partial charge in [-0.15, -0.1) is 24.0 Å². The van der Waals surface area contributed by atoms with E-state index in [1.165, 1.54) is 18.2 Å². The maximum Gasteiger partial charge on any atom is 0.344 e. The maximum absolute atomic E-state index is 12.9. The van der Waals surface area contributed by atoms with Crippen molar-refractivity contribution in [3.05, 3.63) is 59.2 Å². The predicted octanol–water partition coefficient (Wildman–Crippen LogP) is 4.88. The number of benzene rings is 2. The summed E-state index contributed by atoms with van der Waals surface area (Å²) < 4.78 is 21.6. The highest BCUT2D eigenvalue weighted by molar-refractivity contribution is 14.0. The summed E-state index contributed by atoms with van der Waals surface area (Å²) in [7, 11) is 0. The standard InChI is InChI=1S/C29H36N2O8.HI/c1-28(2,3)38-25(34)16-36-23-14-11-20(15-24(23)37-17-26(35)39-29(4,5)6)22(33)13-12-21(32)18-7-9-19(10-8-18)27(30)31;/h7-11,14-15H,12-13,16-17H2,1-6H3,(H3,30,31);1H. The highest BCUT2D eigenvalue weighted by Gasteiger charge is 2.21. The Balaban J connectivity index is 0.00000800. The van der Waals surface area contributed by atoms with Gasteiger partial charge in [-0.2, -0.15) is 0 Å². The third-order valence-electron chi connectivity index (χ3n) is 4.89. The first-order valence-corrected chi connectivity index (χ1v) is 12.4. The number of carbonyl (C=O) groups is 4. The molecule has 0 bridgehead atoms. The van der Waals surface area contributed by atoms with Gasteiger partial charge in [0, 0.05) is 29.5 Å². The van der Waals surface area contributed by atoms with Crippen molar-refractivity contribution in [2.75, 3.05) is 13.2 Å². The monoisotopic (exact) mass is 668 g/mol. The highest BCUT2D eigenvalue weighted by atomic mass is 127. The minimum absolute atomic E-state index is 0. The Bertz CT molecular complexity index is 1230. The van der Waals surface area contributed by atoms with E-state index in [9.17, 15) is 19.2 Å². The van der Waals surface area contributed by atoms with Gasteiger partial charge < -0.3 is 24.7 Å². The molecule has 218 valence electrons. The summed E-state index contributed by atoms with van der Waals surface area (Å²) in [4.78, 5) is 49.7. The number of rotatable bonds is 12. The SMILES string of the molecule is CC(C)(C)OC(=O)COc1ccc(C(=O)CCC(=O)c2ccc(C(=N)N)cc2)cc1OCC(=O)OC(C)(C)C.I. The molecule has 0 aliphatic rings. The molecule has 2 aromatic rings. The van der Waals surface area contributed by atoms with E-state index in [1.54, 1.807) is 65.8 Å². The van der Waals surface area contributed by atoms with Crippen LogP contribution < -0.4 is 15.2 Å². The Kier molecular flexibility index (Phi) is 12.8. The van der Waals surface area contributed by atoms with Crippen LogP contribution in [0.15, 0.2) is 42.5 Å². The topological polar surface area (TPSA) is 155 Å². The molecule has 0 spiro atoms. The number of amidine groups is 1. The molecule has 40 heavy (non-hydrogen) atoms. The molecular formula is C29H37IN2O8. The summed E-state index contributed by atoms with van der Waals surface area (Å²) in [6.07, 6.45) is -0.111. The molecule has 0 aromatic heterocycles. The normalized spacial score (nSPS) is 11.1. The zero-order valence-electron chi connectivity index (χ0n) is 23.6. The number of nitrogens with two attached hydrogens (primary N) is 1. The number of hydrogen-bond acceptors (Lipinski definition) is 9. The first kappa shape index (κ1) is 34.5. The van der Waals surface area contributed by atoms with Gasteiger partial charge in [0.15, 0.2) is 36.3 Å². The van der Waals surface area contributed by atoms with E-state index in [1.807, 2.05) is 0 Å².